The molecule has 4 nitrogen and oxygen atoms in total. The monoisotopic (exact) mass is 213 g/mol. The van der Waals surface area contributed by atoms with Gasteiger partial charge in [0.05, 0.1) is 6.04 Å². The predicted molar refractivity (Wildman–Crippen MR) is 61.6 cm³/mol. The van der Waals surface area contributed by atoms with Crippen LogP contribution in [0.3, 0.4) is 0 Å². The Morgan fingerprint density at radius 3 is 2.87 bits per heavy atom. The molecule has 0 saturated carbocycles. The number of nitrogens with zero attached hydrogens (tertiary/aromatic N) is 2. The molecule has 1 saturated heterocycles. The number of rotatable bonds is 5. The van der Waals surface area contributed by atoms with E-state index in [2.05, 4.69) is 19.0 Å². The normalized spacial score (nSPS) is 22.5. The van der Waals surface area contributed by atoms with Crippen LogP contribution >= 0.6 is 0 Å². The Hall–Kier alpha value is -0.610. The molecule has 0 aromatic rings. The summed E-state index contributed by atoms with van der Waals surface area (Å²) in [6.07, 6.45) is 4.14. The number of piperidine rings is 1. The number of hydrogen-bond donors (Lipinski definition) is 1. The lowest BCUT2D eigenvalue weighted by Gasteiger charge is -2.30. The van der Waals surface area contributed by atoms with Crippen molar-refractivity contribution in [3.63, 3.8) is 0 Å². The Bertz CT molecular complexity index is 206. The molecule has 0 bridgehead atoms. The highest BCUT2D eigenvalue weighted by Gasteiger charge is 2.24. The molecule has 0 aromatic carbocycles. The minimum atomic E-state index is -0.243. The van der Waals surface area contributed by atoms with Crippen molar-refractivity contribution >= 4 is 5.91 Å². The van der Waals surface area contributed by atoms with Gasteiger partial charge in [-0.3, -0.25) is 4.79 Å². The van der Waals surface area contributed by atoms with Crippen LogP contribution in [0.5, 0.6) is 0 Å². The molecule has 15 heavy (non-hydrogen) atoms. The average Bonchev–Trinajstić information content (AvgIpc) is 2.18. The van der Waals surface area contributed by atoms with Gasteiger partial charge in [-0.1, -0.05) is 0 Å². The van der Waals surface area contributed by atoms with Gasteiger partial charge < -0.3 is 15.5 Å². The molecule has 88 valence electrons. The minimum absolute atomic E-state index is 0.145. The van der Waals surface area contributed by atoms with Crippen molar-refractivity contribution in [1.29, 1.82) is 0 Å². The maximum Gasteiger partial charge on any atom is 0.239 e. The zero-order valence-electron chi connectivity index (χ0n) is 9.91. The van der Waals surface area contributed by atoms with Crippen molar-refractivity contribution in [2.75, 3.05) is 33.7 Å². The molecule has 1 aliphatic heterocycles. The molecule has 1 fully saturated rings. The van der Waals surface area contributed by atoms with Crippen LogP contribution in [0.25, 0.3) is 0 Å². The fourth-order valence-corrected chi connectivity index (χ4v) is 1.92. The summed E-state index contributed by atoms with van der Waals surface area (Å²) in [6.45, 7) is 2.86. The van der Waals surface area contributed by atoms with E-state index in [0.29, 0.717) is 0 Å². The summed E-state index contributed by atoms with van der Waals surface area (Å²) in [5, 5.41) is 0. The van der Waals surface area contributed by atoms with E-state index in [1.807, 2.05) is 4.90 Å². The maximum atomic E-state index is 11.6. The predicted octanol–water partition coefficient (Wildman–Crippen LogP) is 0.278. The highest BCUT2D eigenvalue weighted by Crippen LogP contribution is 2.10. The van der Waals surface area contributed by atoms with E-state index >= 15 is 0 Å². The fourth-order valence-electron chi connectivity index (χ4n) is 1.92. The number of carbonyl (C=O) groups is 1. The summed E-state index contributed by atoms with van der Waals surface area (Å²) in [4.78, 5) is 15.7. The van der Waals surface area contributed by atoms with Crippen LogP contribution in [-0.2, 0) is 4.79 Å². The van der Waals surface area contributed by atoms with Crippen molar-refractivity contribution in [2.24, 2.45) is 5.73 Å². The molecule has 2 N–H and O–H groups in total. The Morgan fingerprint density at radius 1 is 1.47 bits per heavy atom. The van der Waals surface area contributed by atoms with E-state index in [0.717, 1.165) is 45.3 Å². The third-order valence-electron chi connectivity index (χ3n) is 2.86. The molecular weight excluding hydrogens is 190 g/mol. The minimum Gasteiger partial charge on any atom is -0.341 e. The lowest BCUT2D eigenvalue weighted by Crippen LogP contribution is -2.48. The molecule has 1 unspecified atom stereocenters. The van der Waals surface area contributed by atoms with Gasteiger partial charge >= 0.3 is 0 Å². The second-order valence-electron chi connectivity index (χ2n) is 4.58. The van der Waals surface area contributed by atoms with E-state index < -0.39 is 0 Å². The number of unbranched alkanes of at least 4 members (excludes halogenated alkanes) is 1. The van der Waals surface area contributed by atoms with Crippen molar-refractivity contribution in [3.05, 3.63) is 0 Å². The standard InChI is InChI=1S/C11H23N3O/c1-13(2)7-3-4-8-14-9-5-6-10(12)11(14)15/h10H,3-9,12H2,1-2H3. The largest absolute Gasteiger partial charge is 0.341 e. The molecule has 0 aromatic heterocycles. The van der Waals surface area contributed by atoms with Crippen LogP contribution in [0.1, 0.15) is 25.7 Å². The first-order valence-electron chi connectivity index (χ1n) is 5.80. The molecule has 4 heteroatoms. The zero-order valence-corrected chi connectivity index (χ0v) is 9.91. The van der Waals surface area contributed by atoms with Crippen molar-refractivity contribution < 1.29 is 4.79 Å². The third kappa shape index (κ3) is 4.18. The maximum absolute atomic E-state index is 11.6. The first kappa shape index (κ1) is 12.5. The summed E-state index contributed by atoms with van der Waals surface area (Å²) in [5.74, 6) is 0.145. The second kappa shape index (κ2) is 6.08. The number of nitrogens with two attached hydrogens (primary N) is 1. The molecular formula is C11H23N3O. The molecule has 1 amide bonds. The van der Waals surface area contributed by atoms with Crippen LogP contribution < -0.4 is 5.73 Å². The fraction of sp³-hybridized carbons (Fsp3) is 0.909. The Balaban J connectivity index is 2.17. The lowest BCUT2D eigenvalue weighted by atomic mass is 10.1. The van der Waals surface area contributed by atoms with Crippen LogP contribution in [-0.4, -0.2) is 55.5 Å². The Morgan fingerprint density at radius 2 is 2.20 bits per heavy atom. The van der Waals surface area contributed by atoms with E-state index in [4.69, 9.17) is 5.73 Å². The summed E-state index contributed by atoms with van der Waals surface area (Å²) in [7, 11) is 4.14. The second-order valence-corrected chi connectivity index (χ2v) is 4.58. The first-order valence-corrected chi connectivity index (χ1v) is 5.80. The summed E-state index contributed by atoms with van der Waals surface area (Å²) < 4.78 is 0. The zero-order chi connectivity index (χ0) is 11.3. The van der Waals surface area contributed by atoms with Crippen molar-refractivity contribution in [1.82, 2.24) is 9.80 Å². The molecule has 0 aliphatic carbocycles. The summed E-state index contributed by atoms with van der Waals surface area (Å²) >= 11 is 0. The van der Waals surface area contributed by atoms with Gasteiger partial charge in [0.25, 0.3) is 0 Å². The highest BCUT2D eigenvalue weighted by molar-refractivity contribution is 5.82. The van der Waals surface area contributed by atoms with Gasteiger partial charge in [0.2, 0.25) is 5.91 Å². The van der Waals surface area contributed by atoms with Crippen molar-refractivity contribution in [2.45, 2.75) is 31.7 Å². The van der Waals surface area contributed by atoms with Gasteiger partial charge in [-0.05, 0) is 46.3 Å². The molecule has 1 aliphatic rings. The van der Waals surface area contributed by atoms with E-state index in [1.54, 1.807) is 0 Å². The van der Waals surface area contributed by atoms with Crippen LogP contribution in [0.4, 0.5) is 0 Å². The highest BCUT2D eigenvalue weighted by atomic mass is 16.2. The van der Waals surface area contributed by atoms with E-state index in [9.17, 15) is 4.79 Å². The van der Waals surface area contributed by atoms with E-state index in [-0.39, 0.29) is 11.9 Å². The molecule has 1 rings (SSSR count). The van der Waals surface area contributed by atoms with Gasteiger partial charge in [-0.2, -0.15) is 0 Å². The summed E-state index contributed by atoms with van der Waals surface area (Å²) in [6, 6.07) is -0.243. The van der Waals surface area contributed by atoms with E-state index in [1.165, 1.54) is 0 Å². The van der Waals surface area contributed by atoms with Gasteiger partial charge in [-0.15, -0.1) is 0 Å². The average molecular weight is 213 g/mol. The number of hydrogen-bond acceptors (Lipinski definition) is 3. The molecule has 1 atom stereocenters. The number of likely N-dealkylation sites (tertiary alicyclic amines) is 1. The van der Waals surface area contributed by atoms with Gasteiger partial charge in [0, 0.05) is 13.1 Å². The van der Waals surface area contributed by atoms with Crippen LogP contribution in [0.2, 0.25) is 0 Å². The number of amides is 1. The summed E-state index contributed by atoms with van der Waals surface area (Å²) in [5.41, 5.74) is 5.72. The lowest BCUT2D eigenvalue weighted by molar-refractivity contribution is -0.134. The van der Waals surface area contributed by atoms with Crippen molar-refractivity contribution in [3.8, 4) is 0 Å². The van der Waals surface area contributed by atoms with Crippen LogP contribution in [0.15, 0.2) is 0 Å². The first-order chi connectivity index (χ1) is 7.11. The van der Waals surface area contributed by atoms with Gasteiger partial charge in [0.1, 0.15) is 0 Å². The smallest absolute Gasteiger partial charge is 0.239 e. The topological polar surface area (TPSA) is 49.6 Å². The molecule has 0 radical (unpaired) electrons. The van der Waals surface area contributed by atoms with Gasteiger partial charge in [-0.25, -0.2) is 0 Å². The SMILES string of the molecule is CN(C)CCCCN1CCCC(N)C1=O. The Labute approximate surface area is 92.4 Å². The molecule has 1 heterocycles. The van der Waals surface area contributed by atoms with Crippen LogP contribution in [0, 0.1) is 0 Å². The van der Waals surface area contributed by atoms with Gasteiger partial charge in [0.15, 0.2) is 0 Å². The Kier molecular flexibility index (Phi) is 5.05. The quantitative estimate of drug-likeness (QED) is 0.667. The number of carbonyl (C=O) groups excluding carboxylic acids is 1. The third-order valence-corrected chi connectivity index (χ3v) is 2.86. The molecule has 0 spiro atoms.